The van der Waals surface area contributed by atoms with E-state index in [0.29, 0.717) is 0 Å². The van der Waals surface area contributed by atoms with Gasteiger partial charge >= 0.3 is 5.97 Å². The molecular formula is C11H10FNO3. The maximum Gasteiger partial charge on any atom is 0.341 e. The van der Waals surface area contributed by atoms with Gasteiger partial charge in [0, 0.05) is 5.56 Å². The van der Waals surface area contributed by atoms with Gasteiger partial charge in [0.05, 0.1) is 19.8 Å². The van der Waals surface area contributed by atoms with Crippen molar-refractivity contribution in [3.8, 4) is 11.8 Å². The molecule has 1 aromatic rings. The van der Waals surface area contributed by atoms with E-state index < -0.39 is 11.8 Å². The molecule has 4 nitrogen and oxygen atoms in total. The van der Waals surface area contributed by atoms with Crippen LogP contribution < -0.4 is 4.74 Å². The maximum absolute atomic E-state index is 13.4. The molecule has 0 fully saturated rings. The van der Waals surface area contributed by atoms with Crippen molar-refractivity contribution in [1.82, 2.24) is 0 Å². The molecule has 0 spiro atoms. The molecular weight excluding hydrogens is 213 g/mol. The van der Waals surface area contributed by atoms with Crippen LogP contribution in [0.4, 0.5) is 4.39 Å². The predicted octanol–water partition coefficient (Wildman–Crippen LogP) is 1.80. The predicted molar refractivity (Wildman–Crippen MR) is 53.7 cm³/mol. The van der Waals surface area contributed by atoms with Crippen molar-refractivity contribution in [3.05, 3.63) is 28.6 Å². The molecule has 0 heterocycles. The van der Waals surface area contributed by atoms with Gasteiger partial charge in [-0.1, -0.05) is 0 Å². The third-order valence-electron chi connectivity index (χ3n) is 2.19. The Morgan fingerprint density at radius 3 is 2.56 bits per heavy atom. The summed E-state index contributed by atoms with van der Waals surface area (Å²) in [6.07, 6.45) is 0. The number of nitriles is 1. The molecule has 0 saturated carbocycles. The van der Waals surface area contributed by atoms with Crippen LogP contribution in [0, 0.1) is 24.1 Å². The standard InChI is InChI=1S/C11H10FNO3/c1-6-8(5-13)9(12)4-7(10(6)15-2)11(14)16-3/h4H,1-3H3. The average Bonchev–Trinajstić information content (AvgIpc) is 2.28. The van der Waals surface area contributed by atoms with Crippen LogP contribution in [0.5, 0.6) is 5.75 Å². The maximum atomic E-state index is 13.4. The van der Waals surface area contributed by atoms with Crippen molar-refractivity contribution in [2.75, 3.05) is 14.2 Å². The second-order valence-electron chi connectivity index (χ2n) is 3.04. The molecule has 0 radical (unpaired) electrons. The smallest absolute Gasteiger partial charge is 0.341 e. The van der Waals surface area contributed by atoms with Crippen molar-refractivity contribution in [1.29, 1.82) is 5.26 Å². The highest BCUT2D eigenvalue weighted by atomic mass is 19.1. The highest BCUT2D eigenvalue weighted by molar-refractivity contribution is 5.93. The van der Waals surface area contributed by atoms with Crippen molar-refractivity contribution in [2.45, 2.75) is 6.92 Å². The first kappa shape index (κ1) is 12.0. The number of hydrogen-bond acceptors (Lipinski definition) is 4. The Kier molecular flexibility index (Phi) is 3.46. The van der Waals surface area contributed by atoms with Crippen LogP contribution in [0.2, 0.25) is 0 Å². The van der Waals surface area contributed by atoms with Crippen LogP contribution in [0.25, 0.3) is 0 Å². The summed E-state index contributed by atoms with van der Waals surface area (Å²) in [5.74, 6) is -1.31. The molecule has 16 heavy (non-hydrogen) atoms. The molecule has 1 aromatic carbocycles. The summed E-state index contributed by atoms with van der Waals surface area (Å²) in [5.41, 5.74) is 0.119. The number of esters is 1. The van der Waals surface area contributed by atoms with Crippen LogP contribution in [0.15, 0.2) is 6.07 Å². The van der Waals surface area contributed by atoms with E-state index in [4.69, 9.17) is 10.00 Å². The van der Waals surface area contributed by atoms with Gasteiger partial charge in [-0.2, -0.15) is 5.26 Å². The van der Waals surface area contributed by atoms with Crippen molar-refractivity contribution in [2.24, 2.45) is 0 Å². The molecule has 1 rings (SSSR count). The molecule has 0 amide bonds. The summed E-state index contributed by atoms with van der Waals surface area (Å²) < 4.78 is 22.9. The first-order valence-corrected chi connectivity index (χ1v) is 4.42. The number of benzene rings is 1. The van der Waals surface area contributed by atoms with E-state index in [9.17, 15) is 9.18 Å². The normalized spacial score (nSPS) is 9.44. The number of nitrogens with zero attached hydrogens (tertiary/aromatic N) is 1. The Morgan fingerprint density at radius 1 is 1.50 bits per heavy atom. The van der Waals surface area contributed by atoms with E-state index in [-0.39, 0.29) is 22.4 Å². The number of carbonyl (C=O) groups excluding carboxylic acids is 1. The van der Waals surface area contributed by atoms with Gasteiger partial charge < -0.3 is 9.47 Å². The minimum Gasteiger partial charge on any atom is -0.496 e. The molecule has 0 bridgehead atoms. The second-order valence-corrected chi connectivity index (χ2v) is 3.04. The first-order valence-electron chi connectivity index (χ1n) is 4.42. The summed E-state index contributed by atoms with van der Waals surface area (Å²) in [6, 6.07) is 2.66. The van der Waals surface area contributed by atoms with E-state index in [1.165, 1.54) is 21.1 Å². The molecule has 0 atom stereocenters. The van der Waals surface area contributed by atoms with E-state index in [2.05, 4.69) is 4.74 Å². The minimum absolute atomic E-state index is 0.0287. The number of carbonyl (C=O) groups is 1. The summed E-state index contributed by atoms with van der Waals surface area (Å²) in [5, 5.41) is 8.74. The van der Waals surface area contributed by atoms with Crippen LogP contribution >= 0.6 is 0 Å². The Labute approximate surface area is 92.2 Å². The molecule has 0 unspecified atom stereocenters. The lowest BCUT2D eigenvalue weighted by Crippen LogP contribution is -2.07. The minimum atomic E-state index is -0.763. The Balaban J connectivity index is 3.54. The fourth-order valence-electron chi connectivity index (χ4n) is 1.42. The number of rotatable bonds is 2. The molecule has 0 saturated heterocycles. The van der Waals surface area contributed by atoms with Crippen molar-refractivity contribution >= 4 is 5.97 Å². The lowest BCUT2D eigenvalue weighted by Gasteiger charge is -2.11. The Bertz CT molecular complexity index is 477. The third kappa shape index (κ3) is 1.82. The van der Waals surface area contributed by atoms with Crippen LogP contribution in [0.1, 0.15) is 21.5 Å². The molecule has 0 N–H and O–H groups in total. The summed E-state index contributed by atoms with van der Waals surface area (Å²) in [7, 11) is 2.53. The van der Waals surface area contributed by atoms with Crippen LogP contribution in [0.3, 0.4) is 0 Å². The largest absolute Gasteiger partial charge is 0.496 e. The van der Waals surface area contributed by atoms with Crippen LogP contribution in [-0.4, -0.2) is 20.2 Å². The van der Waals surface area contributed by atoms with Crippen LogP contribution in [-0.2, 0) is 4.74 Å². The monoisotopic (exact) mass is 223 g/mol. The summed E-state index contributed by atoms with van der Waals surface area (Å²) in [4.78, 5) is 11.3. The Hall–Kier alpha value is -2.09. The van der Waals surface area contributed by atoms with Gasteiger partial charge in [0.2, 0.25) is 0 Å². The topological polar surface area (TPSA) is 59.3 Å². The molecule has 0 aliphatic heterocycles. The van der Waals surface area contributed by atoms with Gasteiger partial charge in [0.25, 0.3) is 0 Å². The van der Waals surface area contributed by atoms with Gasteiger partial charge in [-0.3, -0.25) is 0 Å². The molecule has 0 aromatic heterocycles. The molecule has 84 valence electrons. The zero-order valence-corrected chi connectivity index (χ0v) is 9.13. The molecule has 5 heteroatoms. The van der Waals surface area contributed by atoms with Gasteiger partial charge in [0.15, 0.2) is 0 Å². The molecule has 0 aliphatic carbocycles. The van der Waals surface area contributed by atoms with Gasteiger partial charge in [-0.15, -0.1) is 0 Å². The lowest BCUT2D eigenvalue weighted by atomic mass is 10.0. The average molecular weight is 223 g/mol. The Morgan fingerprint density at radius 2 is 2.12 bits per heavy atom. The first-order chi connectivity index (χ1) is 7.56. The summed E-state index contributed by atoms with van der Waals surface area (Å²) >= 11 is 0. The van der Waals surface area contributed by atoms with E-state index in [1.54, 1.807) is 6.07 Å². The number of hydrogen-bond donors (Lipinski definition) is 0. The molecule has 0 aliphatic rings. The zero-order chi connectivity index (χ0) is 12.3. The van der Waals surface area contributed by atoms with Crippen molar-refractivity contribution < 1.29 is 18.7 Å². The van der Waals surface area contributed by atoms with Gasteiger partial charge in [-0.05, 0) is 13.0 Å². The zero-order valence-electron chi connectivity index (χ0n) is 9.13. The number of ether oxygens (including phenoxy) is 2. The highest BCUT2D eigenvalue weighted by Crippen LogP contribution is 2.28. The lowest BCUT2D eigenvalue weighted by molar-refractivity contribution is 0.0596. The summed E-state index contributed by atoms with van der Waals surface area (Å²) in [6.45, 7) is 1.51. The van der Waals surface area contributed by atoms with Gasteiger partial charge in [-0.25, -0.2) is 9.18 Å². The van der Waals surface area contributed by atoms with Gasteiger partial charge in [0.1, 0.15) is 23.2 Å². The SMILES string of the molecule is COC(=O)c1cc(F)c(C#N)c(C)c1OC. The number of halogens is 1. The second kappa shape index (κ2) is 4.62. The fourth-order valence-corrected chi connectivity index (χ4v) is 1.42. The third-order valence-corrected chi connectivity index (χ3v) is 2.19. The van der Waals surface area contributed by atoms with E-state index in [1.807, 2.05) is 0 Å². The van der Waals surface area contributed by atoms with E-state index >= 15 is 0 Å². The van der Waals surface area contributed by atoms with Crippen molar-refractivity contribution in [3.63, 3.8) is 0 Å². The fraction of sp³-hybridized carbons (Fsp3) is 0.273. The number of methoxy groups -OCH3 is 2. The highest BCUT2D eigenvalue weighted by Gasteiger charge is 2.20. The van der Waals surface area contributed by atoms with E-state index in [0.717, 1.165) is 6.07 Å². The quantitative estimate of drug-likeness (QED) is 0.717.